The van der Waals surface area contributed by atoms with Crippen molar-refractivity contribution >= 4 is 29.1 Å². The number of anilines is 3. The molecule has 0 fully saturated rings. The van der Waals surface area contributed by atoms with Gasteiger partial charge in [0.2, 0.25) is 11.8 Å². The van der Waals surface area contributed by atoms with Crippen molar-refractivity contribution in [1.82, 2.24) is 15.0 Å². The highest BCUT2D eigenvalue weighted by Gasteiger charge is 2.28. The lowest BCUT2D eigenvalue weighted by molar-refractivity contribution is -0.154. The number of nitrogens with two attached hydrogens (primary N) is 2. The van der Waals surface area contributed by atoms with E-state index in [1.54, 1.807) is 13.8 Å². The third-order valence-corrected chi connectivity index (χ3v) is 3.67. The van der Waals surface area contributed by atoms with Gasteiger partial charge in [-0.05, 0) is 12.0 Å². The van der Waals surface area contributed by atoms with Crippen LogP contribution in [0.2, 0.25) is 0 Å². The van der Waals surface area contributed by atoms with E-state index >= 15 is 0 Å². The molecule has 0 saturated carbocycles. The number of aromatic nitrogens is 3. The summed E-state index contributed by atoms with van der Waals surface area (Å²) in [6, 6.07) is 1.83. The molecule has 13 heteroatoms. The quantitative estimate of drug-likeness (QED) is 0.469. The number of halogens is 3. The third kappa shape index (κ3) is 6.46. The molecule has 0 bridgehead atoms. The van der Waals surface area contributed by atoms with Crippen molar-refractivity contribution in [3.63, 3.8) is 0 Å². The second-order valence-electron chi connectivity index (χ2n) is 6.50. The van der Waals surface area contributed by atoms with Gasteiger partial charge in [0, 0.05) is 6.07 Å². The van der Waals surface area contributed by atoms with Crippen LogP contribution < -0.4 is 26.8 Å². The highest BCUT2D eigenvalue weighted by atomic mass is 19.4. The summed E-state index contributed by atoms with van der Waals surface area (Å²) in [5.74, 6) is -1.76. The Balaban J connectivity index is 2.22. The molecule has 0 radical (unpaired) electrons. The summed E-state index contributed by atoms with van der Waals surface area (Å²) in [5, 5.41) is 5.58. The van der Waals surface area contributed by atoms with Gasteiger partial charge in [-0.2, -0.15) is 13.2 Å². The Bertz CT molecular complexity index is 904. The van der Waals surface area contributed by atoms with Gasteiger partial charge >= 0.3 is 6.18 Å². The maximum Gasteiger partial charge on any atom is 0.422 e. The summed E-state index contributed by atoms with van der Waals surface area (Å²) >= 11 is 0. The summed E-state index contributed by atoms with van der Waals surface area (Å²) in [5.41, 5.74) is 10.7. The van der Waals surface area contributed by atoms with Crippen molar-refractivity contribution in [3.8, 4) is 5.88 Å². The topological polar surface area (TPSA) is 158 Å². The van der Waals surface area contributed by atoms with E-state index in [9.17, 15) is 22.8 Å². The molecule has 2 aromatic heterocycles. The molecular formula is C17H20F3N7O3. The molecule has 2 heterocycles. The summed E-state index contributed by atoms with van der Waals surface area (Å²) < 4.78 is 41.1. The SMILES string of the molecule is CC(C)C(Nc1cnc(C(N)=O)c(Nc2ccc(OCC(F)(F)F)nc2)n1)C(N)=O. The van der Waals surface area contributed by atoms with Gasteiger partial charge in [0.05, 0.1) is 18.1 Å². The number of rotatable bonds is 9. The van der Waals surface area contributed by atoms with Crippen LogP contribution in [0.15, 0.2) is 24.5 Å². The molecule has 6 N–H and O–H groups in total. The van der Waals surface area contributed by atoms with E-state index in [4.69, 9.17) is 11.5 Å². The van der Waals surface area contributed by atoms with Crippen LogP contribution in [0.3, 0.4) is 0 Å². The van der Waals surface area contributed by atoms with Gasteiger partial charge in [-0.3, -0.25) is 9.59 Å². The Labute approximate surface area is 169 Å². The summed E-state index contributed by atoms with van der Waals surface area (Å²) in [6.45, 7) is 2.08. The van der Waals surface area contributed by atoms with Crippen LogP contribution >= 0.6 is 0 Å². The van der Waals surface area contributed by atoms with Crippen molar-refractivity contribution in [3.05, 3.63) is 30.2 Å². The number of hydrogen-bond acceptors (Lipinski definition) is 8. The van der Waals surface area contributed by atoms with Gasteiger partial charge < -0.3 is 26.8 Å². The third-order valence-electron chi connectivity index (χ3n) is 3.67. The minimum absolute atomic E-state index is 0.0507. The van der Waals surface area contributed by atoms with Gasteiger partial charge in [-0.25, -0.2) is 15.0 Å². The number of nitrogens with one attached hydrogen (secondary N) is 2. The molecule has 2 rings (SSSR count). The first-order chi connectivity index (χ1) is 14.0. The first kappa shape index (κ1) is 22.6. The van der Waals surface area contributed by atoms with Gasteiger partial charge in [0.15, 0.2) is 18.1 Å². The maximum atomic E-state index is 12.2. The number of alkyl halides is 3. The molecular weight excluding hydrogens is 407 g/mol. The zero-order chi connectivity index (χ0) is 22.5. The summed E-state index contributed by atoms with van der Waals surface area (Å²) in [6.07, 6.45) is -2.09. The van der Waals surface area contributed by atoms with Crippen molar-refractivity contribution < 1.29 is 27.5 Å². The summed E-state index contributed by atoms with van der Waals surface area (Å²) in [4.78, 5) is 35.1. The standard InChI is InChI=1S/C17H20F3N7O3/c1-8(2)12(14(21)28)26-10-6-24-13(15(22)29)16(27-10)25-9-3-4-11(23-5-9)30-7-17(18,19)20/h3-6,8,12H,7H2,1-2H3,(H2,21,28)(H2,22,29)(H2,25,26,27). The maximum absolute atomic E-state index is 12.2. The Kier molecular flexibility index (Phi) is 6.97. The van der Waals surface area contributed by atoms with Gasteiger partial charge in [-0.15, -0.1) is 0 Å². The number of hydrogen-bond donors (Lipinski definition) is 4. The highest BCUT2D eigenvalue weighted by molar-refractivity contribution is 5.96. The lowest BCUT2D eigenvalue weighted by atomic mass is 10.0. The highest BCUT2D eigenvalue weighted by Crippen LogP contribution is 2.22. The van der Waals surface area contributed by atoms with E-state index in [1.165, 1.54) is 24.5 Å². The normalized spacial score (nSPS) is 12.3. The molecule has 0 aliphatic rings. The molecule has 162 valence electrons. The van der Waals surface area contributed by atoms with Crippen molar-refractivity contribution in [1.29, 1.82) is 0 Å². The van der Waals surface area contributed by atoms with Gasteiger partial charge in [-0.1, -0.05) is 13.8 Å². The molecule has 0 aliphatic carbocycles. The first-order valence-corrected chi connectivity index (χ1v) is 8.61. The lowest BCUT2D eigenvalue weighted by Gasteiger charge is -2.20. The molecule has 0 saturated heterocycles. The number of carbonyl (C=O) groups excluding carboxylic acids is 2. The van der Waals surface area contributed by atoms with Crippen LogP contribution in [0.4, 0.5) is 30.5 Å². The van der Waals surface area contributed by atoms with Crippen molar-refractivity contribution in [2.24, 2.45) is 17.4 Å². The zero-order valence-corrected chi connectivity index (χ0v) is 16.0. The first-order valence-electron chi connectivity index (χ1n) is 8.61. The molecule has 0 spiro atoms. The van der Waals surface area contributed by atoms with Crippen LogP contribution in [0.1, 0.15) is 24.3 Å². The number of pyridine rings is 1. The fourth-order valence-electron chi connectivity index (χ4n) is 2.28. The molecule has 30 heavy (non-hydrogen) atoms. The fraction of sp³-hybridized carbons (Fsp3) is 0.353. The fourth-order valence-corrected chi connectivity index (χ4v) is 2.28. The molecule has 0 aliphatic heterocycles. The monoisotopic (exact) mass is 427 g/mol. The summed E-state index contributed by atoms with van der Waals surface area (Å²) in [7, 11) is 0. The average molecular weight is 427 g/mol. The van der Waals surface area contributed by atoms with Crippen LogP contribution in [0.25, 0.3) is 0 Å². The van der Waals surface area contributed by atoms with E-state index < -0.39 is 30.6 Å². The minimum Gasteiger partial charge on any atom is -0.468 e. The van der Waals surface area contributed by atoms with E-state index in [0.717, 1.165) is 0 Å². The van der Waals surface area contributed by atoms with Gasteiger partial charge in [0.25, 0.3) is 5.91 Å². The Hall–Kier alpha value is -3.64. The molecule has 2 amide bonds. The largest absolute Gasteiger partial charge is 0.468 e. The lowest BCUT2D eigenvalue weighted by Crippen LogP contribution is -2.39. The minimum atomic E-state index is -4.49. The number of carbonyl (C=O) groups is 2. The average Bonchev–Trinajstić information content (AvgIpc) is 2.64. The second kappa shape index (κ2) is 9.24. The van der Waals surface area contributed by atoms with Gasteiger partial charge in [0.1, 0.15) is 11.9 Å². The van der Waals surface area contributed by atoms with Crippen LogP contribution in [-0.4, -0.2) is 45.6 Å². The molecule has 2 aromatic rings. The predicted molar refractivity (Wildman–Crippen MR) is 101 cm³/mol. The van der Waals surface area contributed by atoms with E-state index in [0.29, 0.717) is 0 Å². The predicted octanol–water partition coefficient (Wildman–Crippen LogP) is 1.58. The van der Waals surface area contributed by atoms with Crippen LogP contribution in [-0.2, 0) is 4.79 Å². The van der Waals surface area contributed by atoms with E-state index in [1.807, 2.05) is 0 Å². The Morgan fingerprint density at radius 1 is 1.17 bits per heavy atom. The Morgan fingerprint density at radius 3 is 2.37 bits per heavy atom. The smallest absolute Gasteiger partial charge is 0.422 e. The second-order valence-corrected chi connectivity index (χ2v) is 6.50. The van der Waals surface area contributed by atoms with Crippen molar-refractivity contribution in [2.45, 2.75) is 26.1 Å². The van der Waals surface area contributed by atoms with E-state index in [-0.39, 0.29) is 34.8 Å². The zero-order valence-electron chi connectivity index (χ0n) is 16.0. The van der Waals surface area contributed by atoms with Crippen LogP contribution in [0.5, 0.6) is 5.88 Å². The van der Waals surface area contributed by atoms with Crippen LogP contribution in [0, 0.1) is 5.92 Å². The molecule has 1 unspecified atom stereocenters. The Morgan fingerprint density at radius 2 is 1.87 bits per heavy atom. The molecule has 10 nitrogen and oxygen atoms in total. The number of ether oxygens (including phenoxy) is 1. The number of nitrogens with zero attached hydrogens (tertiary/aromatic N) is 3. The number of primary amides is 2. The van der Waals surface area contributed by atoms with Crippen molar-refractivity contribution in [2.75, 3.05) is 17.2 Å². The molecule has 0 aromatic carbocycles. The van der Waals surface area contributed by atoms with E-state index in [2.05, 4.69) is 30.3 Å². The molecule has 1 atom stereocenters. The number of amides is 2.